The molecule has 0 aliphatic carbocycles. The van der Waals surface area contributed by atoms with Crippen molar-refractivity contribution in [1.82, 2.24) is 9.88 Å². The van der Waals surface area contributed by atoms with Crippen LogP contribution < -0.4 is 10.6 Å². The first kappa shape index (κ1) is 13.2. The topological polar surface area (TPSA) is 45.4 Å². The molecule has 2 rings (SSSR count). The van der Waals surface area contributed by atoms with E-state index >= 15 is 0 Å². The van der Waals surface area contributed by atoms with Crippen molar-refractivity contribution in [3.8, 4) is 0 Å². The van der Waals surface area contributed by atoms with Crippen molar-refractivity contribution in [1.29, 1.82) is 0 Å². The van der Waals surface area contributed by atoms with E-state index in [4.69, 9.17) is 18.0 Å². The molecule has 18 heavy (non-hydrogen) atoms. The Balaban J connectivity index is 2.39. The van der Waals surface area contributed by atoms with Crippen LogP contribution in [0.4, 0.5) is 5.82 Å². The maximum Gasteiger partial charge on any atom is 0.139 e. The zero-order chi connectivity index (χ0) is 13.3. The molecule has 1 saturated heterocycles. The van der Waals surface area contributed by atoms with Gasteiger partial charge in [-0.3, -0.25) is 0 Å². The molecule has 1 aromatic rings. The van der Waals surface area contributed by atoms with E-state index in [1.54, 1.807) is 0 Å². The van der Waals surface area contributed by atoms with Gasteiger partial charge >= 0.3 is 0 Å². The standard InChI is InChI=1S/C13H20N4S/c1-9-4-5-15-13(11(9)12(14)18)17-7-6-16(3)8-10(17)2/h4-5,10H,6-8H2,1-3H3,(H2,14,18). The van der Waals surface area contributed by atoms with Crippen molar-refractivity contribution < 1.29 is 0 Å². The van der Waals surface area contributed by atoms with Crippen LogP contribution in [0.25, 0.3) is 0 Å². The normalized spacial score (nSPS) is 21.1. The third-order valence-electron chi connectivity index (χ3n) is 3.49. The second kappa shape index (κ2) is 5.20. The van der Waals surface area contributed by atoms with Gasteiger partial charge in [0.15, 0.2) is 0 Å². The molecule has 1 unspecified atom stereocenters. The van der Waals surface area contributed by atoms with E-state index in [1.165, 1.54) is 0 Å². The molecule has 2 heterocycles. The van der Waals surface area contributed by atoms with Crippen molar-refractivity contribution in [3.63, 3.8) is 0 Å². The van der Waals surface area contributed by atoms with Crippen molar-refractivity contribution in [2.24, 2.45) is 5.73 Å². The van der Waals surface area contributed by atoms with Crippen LogP contribution in [0.3, 0.4) is 0 Å². The summed E-state index contributed by atoms with van der Waals surface area (Å²) in [6, 6.07) is 2.38. The highest BCUT2D eigenvalue weighted by atomic mass is 32.1. The Bertz CT molecular complexity index is 460. The molecule has 4 nitrogen and oxygen atoms in total. The van der Waals surface area contributed by atoms with Crippen LogP contribution in [0.1, 0.15) is 18.1 Å². The van der Waals surface area contributed by atoms with Gasteiger partial charge in [0.2, 0.25) is 0 Å². The molecule has 1 aromatic heterocycles. The zero-order valence-electron chi connectivity index (χ0n) is 11.2. The van der Waals surface area contributed by atoms with E-state index in [9.17, 15) is 0 Å². The average Bonchev–Trinajstić information content (AvgIpc) is 2.28. The Labute approximate surface area is 114 Å². The molecule has 0 aromatic carbocycles. The zero-order valence-corrected chi connectivity index (χ0v) is 12.0. The number of thiocarbonyl (C=S) groups is 1. The number of nitrogens with zero attached hydrogens (tertiary/aromatic N) is 3. The van der Waals surface area contributed by atoms with Crippen molar-refractivity contribution in [2.75, 3.05) is 31.6 Å². The van der Waals surface area contributed by atoms with E-state index < -0.39 is 0 Å². The van der Waals surface area contributed by atoms with Gasteiger partial charge in [0, 0.05) is 31.9 Å². The summed E-state index contributed by atoms with van der Waals surface area (Å²) in [5, 5.41) is 0. The third-order valence-corrected chi connectivity index (χ3v) is 3.69. The van der Waals surface area contributed by atoms with E-state index in [-0.39, 0.29) is 0 Å². The van der Waals surface area contributed by atoms with Crippen molar-refractivity contribution >= 4 is 23.0 Å². The lowest BCUT2D eigenvalue weighted by molar-refractivity contribution is 0.274. The highest BCUT2D eigenvalue weighted by Crippen LogP contribution is 2.24. The van der Waals surface area contributed by atoms with E-state index in [1.807, 2.05) is 19.2 Å². The van der Waals surface area contributed by atoms with Gasteiger partial charge in [-0.25, -0.2) is 4.98 Å². The minimum atomic E-state index is 0.422. The number of likely N-dealkylation sites (N-methyl/N-ethyl adjacent to an activating group) is 1. The van der Waals surface area contributed by atoms with Crippen LogP contribution in [-0.2, 0) is 0 Å². The summed E-state index contributed by atoms with van der Waals surface area (Å²) in [4.78, 5) is 9.57. The number of hydrogen-bond donors (Lipinski definition) is 1. The number of aryl methyl sites for hydroxylation is 1. The minimum Gasteiger partial charge on any atom is -0.389 e. The van der Waals surface area contributed by atoms with Crippen LogP contribution in [0.2, 0.25) is 0 Å². The largest absolute Gasteiger partial charge is 0.389 e. The van der Waals surface area contributed by atoms with E-state index in [0.29, 0.717) is 11.0 Å². The Hall–Kier alpha value is -1.20. The summed E-state index contributed by atoms with van der Waals surface area (Å²) in [5.74, 6) is 0.933. The van der Waals surface area contributed by atoms with Gasteiger partial charge in [-0.1, -0.05) is 12.2 Å². The molecule has 0 saturated carbocycles. The predicted octanol–water partition coefficient (Wildman–Crippen LogP) is 1.16. The fraction of sp³-hybridized carbons (Fsp3) is 0.538. The lowest BCUT2D eigenvalue weighted by atomic mass is 10.1. The molecule has 0 bridgehead atoms. The van der Waals surface area contributed by atoms with Gasteiger partial charge in [-0.15, -0.1) is 0 Å². The van der Waals surface area contributed by atoms with Gasteiger partial charge in [-0.2, -0.15) is 0 Å². The molecule has 0 amide bonds. The van der Waals surface area contributed by atoms with Gasteiger partial charge in [-0.05, 0) is 32.5 Å². The molecule has 2 N–H and O–H groups in total. The molecular weight excluding hydrogens is 244 g/mol. The summed E-state index contributed by atoms with van der Waals surface area (Å²) in [6.07, 6.45) is 1.83. The summed E-state index contributed by atoms with van der Waals surface area (Å²) < 4.78 is 0. The van der Waals surface area contributed by atoms with Crippen molar-refractivity contribution in [3.05, 3.63) is 23.4 Å². The quantitative estimate of drug-likeness (QED) is 0.812. The highest BCUT2D eigenvalue weighted by molar-refractivity contribution is 7.80. The lowest BCUT2D eigenvalue weighted by Crippen LogP contribution is -2.51. The lowest BCUT2D eigenvalue weighted by Gasteiger charge is -2.39. The van der Waals surface area contributed by atoms with E-state index in [0.717, 1.165) is 36.6 Å². The van der Waals surface area contributed by atoms with Gasteiger partial charge in [0.1, 0.15) is 10.8 Å². The first-order chi connectivity index (χ1) is 8.50. The first-order valence-corrected chi connectivity index (χ1v) is 6.62. The number of anilines is 1. The number of rotatable bonds is 2. The molecule has 0 spiro atoms. The van der Waals surface area contributed by atoms with E-state index in [2.05, 4.69) is 28.8 Å². The Morgan fingerprint density at radius 2 is 2.22 bits per heavy atom. The smallest absolute Gasteiger partial charge is 0.139 e. The Morgan fingerprint density at radius 3 is 2.83 bits per heavy atom. The molecule has 1 fully saturated rings. The predicted molar refractivity (Wildman–Crippen MR) is 79.2 cm³/mol. The third kappa shape index (κ3) is 2.47. The highest BCUT2D eigenvalue weighted by Gasteiger charge is 2.25. The van der Waals surface area contributed by atoms with Crippen LogP contribution in [0, 0.1) is 6.92 Å². The minimum absolute atomic E-state index is 0.422. The number of pyridine rings is 1. The second-order valence-corrected chi connectivity index (χ2v) is 5.44. The molecule has 98 valence electrons. The molecule has 0 radical (unpaired) electrons. The van der Waals surface area contributed by atoms with Gasteiger partial charge in [0.25, 0.3) is 0 Å². The Morgan fingerprint density at radius 1 is 1.50 bits per heavy atom. The summed E-state index contributed by atoms with van der Waals surface area (Å²) in [5.41, 5.74) is 7.87. The maximum absolute atomic E-state index is 5.85. The first-order valence-electron chi connectivity index (χ1n) is 6.21. The number of aromatic nitrogens is 1. The molecular formula is C13H20N4S. The van der Waals surface area contributed by atoms with Crippen LogP contribution in [0.5, 0.6) is 0 Å². The van der Waals surface area contributed by atoms with Crippen molar-refractivity contribution in [2.45, 2.75) is 19.9 Å². The molecule has 5 heteroatoms. The average molecular weight is 264 g/mol. The number of piperazine rings is 1. The molecule has 1 aliphatic rings. The molecule has 1 aliphatic heterocycles. The summed E-state index contributed by atoms with van der Waals surface area (Å²) in [6.45, 7) is 7.27. The van der Waals surface area contributed by atoms with Crippen LogP contribution >= 0.6 is 12.2 Å². The second-order valence-electron chi connectivity index (χ2n) is 5.00. The van der Waals surface area contributed by atoms with Gasteiger partial charge in [0.05, 0.1) is 5.56 Å². The monoisotopic (exact) mass is 264 g/mol. The fourth-order valence-electron chi connectivity index (χ4n) is 2.52. The molecule has 1 atom stereocenters. The van der Waals surface area contributed by atoms with Crippen LogP contribution in [-0.4, -0.2) is 47.6 Å². The van der Waals surface area contributed by atoms with Crippen LogP contribution in [0.15, 0.2) is 12.3 Å². The SMILES string of the molecule is Cc1ccnc(N2CCN(C)CC2C)c1C(N)=S. The van der Waals surface area contributed by atoms with Gasteiger partial charge < -0.3 is 15.5 Å². The number of hydrogen-bond acceptors (Lipinski definition) is 4. The number of nitrogens with two attached hydrogens (primary N) is 1. The summed E-state index contributed by atoms with van der Waals surface area (Å²) >= 11 is 5.17. The maximum atomic E-state index is 5.85. The fourth-order valence-corrected chi connectivity index (χ4v) is 2.77. The summed E-state index contributed by atoms with van der Waals surface area (Å²) in [7, 11) is 2.14. The Kier molecular flexibility index (Phi) is 3.82.